The zero-order valence-electron chi connectivity index (χ0n) is 7.47. The number of nitriles is 1. The number of rotatable bonds is 3. The van der Waals surface area contributed by atoms with Crippen LogP contribution >= 0.6 is 11.6 Å². The topological polar surface area (TPSA) is 35.8 Å². The molecule has 0 saturated carbocycles. The normalized spacial score (nSPS) is 9.62. The molecule has 0 aliphatic rings. The first kappa shape index (κ1) is 10.0. The van der Waals surface area contributed by atoms with Crippen LogP contribution in [0.15, 0.2) is 18.2 Å². The van der Waals surface area contributed by atoms with Crippen molar-refractivity contribution in [3.63, 3.8) is 0 Å². The summed E-state index contributed by atoms with van der Waals surface area (Å²) in [6.07, 6.45) is 0. The van der Waals surface area contributed by atoms with Crippen molar-refractivity contribution in [1.29, 1.82) is 5.26 Å². The molecule has 0 heterocycles. The third kappa shape index (κ3) is 3.06. The van der Waals surface area contributed by atoms with Gasteiger partial charge in [-0.05, 0) is 30.2 Å². The minimum absolute atomic E-state index is 0.377. The number of halogens is 1. The summed E-state index contributed by atoms with van der Waals surface area (Å²) in [5.41, 5.74) is 2.33. The third-order valence-corrected chi connectivity index (χ3v) is 2.06. The lowest BCUT2D eigenvalue weighted by molar-refractivity contribution is 0.761. The molecule has 0 saturated heterocycles. The van der Waals surface area contributed by atoms with E-state index in [1.165, 1.54) is 5.56 Å². The lowest BCUT2D eigenvalue weighted by Gasteiger charge is -2.05. The molecule has 0 radical (unpaired) electrons. The molecule has 0 unspecified atom stereocenters. The zero-order chi connectivity index (χ0) is 9.68. The molecule has 0 aliphatic heterocycles. The monoisotopic (exact) mass is 194 g/mol. The molecule has 1 rings (SSSR count). The van der Waals surface area contributed by atoms with Crippen molar-refractivity contribution < 1.29 is 0 Å². The molecule has 1 N–H and O–H groups in total. The molecule has 13 heavy (non-hydrogen) atoms. The van der Waals surface area contributed by atoms with Crippen molar-refractivity contribution in [2.24, 2.45) is 0 Å². The summed E-state index contributed by atoms with van der Waals surface area (Å²) >= 11 is 5.81. The highest BCUT2D eigenvalue weighted by Gasteiger charge is 1.97. The van der Waals surface area contributed by atoms with Gasteiger partial charge in [0.05, 0.1) is 12.6 Å². The molecule has 0 amide bonds. The van der Waals surface area contributed by atoms with E-state index in [4.69, 9.17) is 16.9 Å². The minimum Gasteiger partial charge on any atom is -0.300 e. The quantitative estimate of drug-likeness (QED) is 0.592. The fraction of sp³-hybridized carbons (Fsp3) is 0.300. The van der Waals surface area contributed by atoms with Crippen LogP contribution in [-0.2, 0) is 6.54 Å². The van der Waals surface area contributed by atoms with Crippen LogP contribution in [-0.4, -0.2) is 6.54 Å². The van der Waals surface area contributed by atoms with E-state index < -0.39 is 0 Å². The van der Waals surface area contributed by atoms with Crippen LogP contribution in [0.25, 0.3) is 0 Å². The van der Waals surface area contributed by atoms with Crippen LogP contribution in [0.3, 0.4) is 0 Å². The Bertz CT molecular complexity index is 328. The summed E-state index contributed by atoms with van der Waals surface area (Å²) in [6.45, 7) is 3.11. The van der Waals surface area contributed by atoms with Crippen LogP contribution in [0.4, 0.5) is 0 Å². The standard InChI is InChI=1S/C10H11ClN2/c1-8-6-10(11)3-2-9(8)7-13-5-4-12/h2-3,6,13H,5,7H2,1H3. The summed E-state index contributed by atoms with van der Waals surface area (Å²) in [5.74, 6) is 0. The van der Waals surface area contributed by atoms with Gasteiger partial charge >= 0.3 is 0 Å². The van der Waals surface area contributed by atoms with Gasteiger partial charge in [-0.2, -0.15) is 5.26 Å². The highest BCUT2D eigenvalue weighted by Crippen LogP contribution is 2.14. The molecule has 68 valence electrons. The molecule has 0 bridgehead atoms. The average molecular weight is 195 g/mol. The van der Waals surface area contributed by atoms with Crippen LogP contribution in [0, 0.1) is 18.3 Å². The van der Waals surface area contributed by atoms with E-state index in [1.807, 2.05) is 31.2 Å². The second-order valence-electron chi connectivity index (χ2n) is 2.83. The van der Waals surface area contributed by atoms with Gasteiger partial charge in [0, 0.05) is 11.6 Å². The Morgan fingerprint density at radius 2 is 2.31 bits per heavy atom. The maximum atomic E-state index is 8.32. The molecule has 3 heteroatoms. The Balaban J connectivity index is 2.62. The van der Waals surface area contributed by atoms with Crippen molar-refractivity contribution in [2.45, 2.75) is 13.5 Å². The summed E-state index contributed by atoms with van der Waals surface area (Å²) in [5, 5.41) is 12.1. The van der Waals surface area contributed by atoms with E-state index >= 15 is 0 Å². The number of aryl methyl sites for hydroxylation is 1. The number of hydrogen-bond donors (Lipinski definition) is 1. The van der Waals surface area contributed by atoms with Gasteiger partial charge in [0.15, 0.2) is 0 Å². The predicted octanol–water partition coefficient (Wildman–Crippen LogP) is 2.26. The van der Waals surface area contributed by atoms with Gasteiger partial charge < -0.3 is 5.32 Å². The van der Waals surface area contributed by atoms with Gasteiger partial charge in [-0.15, -0.1) is 0 Å². The first-order valence-corrected chi connectivity index (χ1v) is 4.44. The van der Waals surface area contributed by atoms with E-state index in [0.29, 0.717) is 6.54 Å². The summed E-state index contributed by atoms with van der Waals surface area (Å²) < 4.78 is 0. The summed E-state index contributed by atoms with van der Waals surface area (Å²) in [7, 11) is 0. The van der Waals surface area contributed by atoms with Crippen molar-refractivity contribution in [3.05, 3.63) is 34.3 Å². The van der Waals surface area contributed by atoms with Gasteiger partial charge in [0.2, 0.25) is 0 Å². The van der Waals surface area contributed by atoms with E-state index in [1.54, 1.807) is 0 Å². The second kappa shape index (κ2) is 4.86. The van der Waals surface area contributed by atoms with Gasteiger partial charge in [-0.1, -0.05) is 17.7 Å². The summed E-state index contributed by atoms with van der Waals surface area (Å²) in [4.78, 5) is 0. The van der Waals surface area contributed by atoms with E-state index in [0.717, 1.165) is 17.1 Å². The number of hydrogen-bond acceptors (Lipinski definition) is 2. The van der Waals surface area contributed by atoms with Crippen molar-refractivity contribution >= 4 is 11.6 Å². The first-order chi connectivity index (χ1) is 6.24. The zero-order valence-corrected chi connectivity index (χ0v) is 8.23. The molecular weight excluding hydrogens is 184 g/mol. The Morgan fingerprint density at radius 3 is 2.92 bits per heavy atom. The van der Waals surface area contributed by atoms with Crippen molar-refractivity contribution in [3.8, 4) is 6.07 Å². The SMILES string of the molecule is Cc1cc(Cl)ccc1CNCC#N. The van der Waals surface area contributed by atoms with Crippen molar-refractivity contribution in [2.75, 3.05) is 6.54 Å². The molecule has 1 aromatic carbocycles. The largest absolute Gasteiger partial charge is 0.300 e. The van der Waals surface area contributed by atoms with E-state index in [2.05, 4.69) is 5.32 Å². The van der Waals surface area contributed by atoms with Gasteiger partial charge in [-0.25, -0.2) is 0 Å². The number of benzene rings is 1. The van der Waals surface area contributed by atoms with Crippen LogP contribution in [0.2, 0.25) is 5.02 Å². The Morgan fingerprint density at radius 1 is 1.54 bits per heavy atom. The fourth-order valence-corrected chi connectivity index (χ4v) is 1.34. The fourth-order valence-electron chi connectivity index (χ4n) is 1.11. The first-order valence-electron chi connectivity index (χ1n) is 4.06. The lowest BCUT2D eigenvalue weighted by atomic mass is 10.1. The van der Waals surface area contributed by atoms with Crippen LogP contribution in [0.1, 0.15) is 11.1 Å². The Labute approximate surface area is 83.1 Å². The Kier molecular flexibility index (Phi) is 3.75. The van der Waals surface area contributed by atoms with Gasteiger partial charge in [0.1, 0.15) is 0 Å². The second-order valence-corrected chi connectivity index (χ2v) is 3.27. The highest BCUT2D eigenvalue weighted by molar-refractivity contribution is 6.30. The molecule has 0 aliphatic carbocycles. The molecular formula is C10H11ClN2. The van der Waals surface area contributed by atoms with Crippen molar-refractivity contribution in [1.82, 2.24) is 5.32 Å². The molecule has 0 spiro atoms. The minimum atomic E-state index is 0.377. The lowest BCUT2D eigenvalue weighted by Crippen LogP contribution is -2.13. The van der Waals surface area contributed by atoms with Crippen LogP contribution in [0.5, 0.6) is 0 Å². The van der Waals surface area contributed by atoms with Gasteiger partial charge in [0.25, 0.3) is 0 Å². The summed E-state index contributed by atoms with van der Waals surface area (Å²) in [6, 6.07) is 7.79. The Hall–Kier alpha value is -1.04. The molecule has 0 atom stereocenters. The smallest absolute Gasteiger partial charge is 0.0843 e. The maximum absolute atomic E-state index is 8.32. The molecule has 0 fully saturated rings. The van der Waals surface area contributed by atoms with E-state index in [-0.39, 0.29) is 0 Å². The number of nitrogens with one attached hydrogen (secondary N) is 1. The van der Waals surface area contributed by atoms with Crippen LogP contribution < -0.4 is 5.32 Å². The number of nitrogens with zero attached hydrogens (tertiary/aromatic N) is 1. The highest BCUT2D eigenvalue weighted by atomic mass is 35.5. The third-order valence-electron chi connectivity index (χ3n) is 1.82. The predicted molar refractivity (Wildman–Crippen MR) is 53.5 cm³/mol. The molecule has 1 aromatic rings. The van der Waals surface area contributed by atoms with E-state index in [9.17, 15) is 0 Å². The molecule has 0 aromatic heterocycles. The average Bonchev–Trinajstić information content (AvgIpc) is 2.09. The van der Waals surface area contributed by atoms with Gasteiger partial charge in [-0.3, -0.25) is 0 Å². The maximum Gasteiger partial charge on any atom is 0.0843 e. The molecule has 2 nitrogen and oxygen atoms in total.